The van der Waals surface area contributed by atoms with Gasteiger partial charge in [0.05, 0.1) is 6.04 Å². The number of halogens is 1. The first kappa shape index (κ1) is 21.9. The van der Waals surface area contributed by atoms with Gasteiger partial charge in [-0.05, 0) is 37.8 Å². The third-order valence-corrected chi connectivity index (χ3v) is 4.87. The number of H-pyrrole nitrogens is 1. The van der Waals surface area contributed by atoms with E-state index in [1.165, 1.54) is 6.33 Å². The summed E-state index contributed by atoms with van der Waals surface area (Å²) in [5.74, 6) is 1.09. The Morgan fingerprint density at radius 3 is 3.00 bits per heavy atom. The lowest BCUT2D eigenvalue weighted by atomic mass is 10.0. The number of aromatic amines is 1. The van der Waals surface area contributed by atoms with Crippen molar-refractivity contribution in [2.24, 2.45) is 5.92 Å². The zero-order valence-electron chi connectivity index (χ0n) is 16.9. The van der Waals surface area contributed by atoms with E-state index in [0.717, 1.165) is 25.9 Å². The maximum Gasteiger partial charge on any atom is 0.272 e. The van der Waals surface area contributed by atoms with Crippen LogP contribution in [-0.2, 0) is 0 Å². The van der Waals surface area contributed by atoms with E-state index in [2.05, 4.69) is 54.9 Å². The molecule has 0 aromatic carbocycles. The van der Waals surface area contributed by atoms with Crippen LogP contribution in [-0.4, -0.2) is 54.1 Å². The zero-order chi connectivity index (χ0) is 20.2. The fourth-order valence-electron chi connectivity index (χ4n) is 3.43. The summed E-state index contributed by atoms with van der Waals surface area (Å²) in [5, 5.41) is 21.2. The molecule has 30 heavy (non-hydrogen) atoms. The van der Waals surface area contributed by atoms with Crippen LogP contribution in [0.15, 0.2) is 23.1 Å². The number of hydrogen-bond acceptors (Lipinski definition) is 8. The Bertz CT molecular complexity index is 931. The summed E-state index contributed by atoms with van der Waals surface area (Å²) < 4.78 is 7.26. The van der Waals surface area contributed by atoms with Crippen molar-refractivity contribution >= 4 is 18.3 Å². The van der Waals surface area contributed by atoms with Crippen LogP contribution in [0.1, 0.15) is 61.6 Å². The lowest BCUT2D eigenvalue weighted by Gasteiger charge is -2.23. The summed E-state index contributed by atoms with van der Waals surface area (Å²) in [6, 6.07) is 1.59. The molecule has 4 heterocycles. The minimum Gasteiger partial charge on any atom is -0.339 e. The molecule has 0 radical (unpaired) electrons. The third kappa shape index (κ3) is 5.03. The van der Waals surface area contributed by atoms with Gasteiger partial charge in [-0.25, -0.2) is 4.98 Å². The first-order valence-electron chi connectivity index (χ1n) is 9.86. The molecule has 1 aliphatic rings. The highest BCUT2D eigenvalue weighted by molar-refractivity contribution is 5.92. The van der Waals surface area contributed by atoms with Crippen molar-refractivity contribution in [1.82, 2.24) is 45.7 Å². The molecule has 2 atom stereocenters. The third-order valence-electron chi connectivity index (χ3n) is 4.87. The summed E-state index contributed by atoms with van der Waals surface area (Å²) in [4.78, 5) is 21.2. The molecule has 4 rings (SSSR count). The van der Waals surface area contributed by atoms with Crippen LogP contribution < -0.4 is 10.6 Å². The molecule has 0 spiro atoms. The van der Waals surface area contributed by atoms with Crippen LogP contribution in [0.25, 0.3) is 11.6 Å². The van der Waals surface area contributed by atoms with E-state index >= 15 is 0 Å². The predicted octanol–water partition coefficient (Wildman–Crippen LogP) is 1.91. The van der Waals surface area contributed by atoms with Crippen molar-refractivity contribution in [2.45, 2.75) is 45.2 Å². The molecular weight excluding hydrogens is 410 g/mol. The van der Waals surface area contributed by atoms with E-state index in [-0.39, 0.29) is 24.4 Å². The van der Waals surface area contributed by atoms with Crippen LogP contribution in [0.4, 0.5) is 0 Å². The summed E-state index contributed by atoms with van der Waals surface area (Å²) in [7, 11) is 0. The minimum atomic E-state index is -0.423. The Balaban J connectivity index is 0.00000256. The number of piperidine rings is 1. The van der Waals surface area contributed by atoms with E-state index in [9.17, 15) is 4.79 Å². The number of carbonyl (C=O) groups excluding carboxylic acids is 1. The standard InChI is InChI=1S/C18H25N9O2.ClH/c1-11(2)8-14(18-23-16(26-29-18)15-20-10-21-24-15)22-17(28)13-5-7-27(25-13)12-4-3-6-19-9-12;/h5,7,10-12,14,19H,3-4,6,8-9H2,1-2H3,(H,22,28)(H,20,21,24);1H. The van der Waals surface area contributed by atoms with Crippen molar-refractivity contribution in [2.75, 3.05) is 13.1 Å². The number of nitrogens with one attached hydrogen (secondary N) is 3. The van der Waals surface area contributed by atoms with Crippen LogP contribution in [0.5, 0.6) is 0 Å². The molecule has 1 saturated heterocycles. The van der Waals surface area contributed by atoms with E-state index in [1.54, 1.807) is 6.07 Å². The molecular formula is C18H26ClN9O2. The Kier molecular flexibility index (Phi) is 7.16. The van der Waals surface area contributed by atoms with Gasteiger partial charge >= 0.3 is 0 Å². The van der Waals surface area contributed by atoms with Gasteiger partial charge in [0.15, 0.2) is 5.82 Å². The Hall–Kier alpha value is -2.79. The van der Waals surface area contributed by atoms with Gasteiger partial charge in [-0.2, -0.15) is 15.2 Å². The Morgan fingerprint density at radius 2 is 2.30 bits per heavy atom. The van der Waals surface area contributed by atoms with Gasteiger partial charge in [0.2, 0.25) is 11.7 Å². The molecule has 0 aliphatic carbocycles. The lowest BCUT2D eigenvalue weighted by Crippen LogP contribution is -2.33. The van der Waals surface area contributed by atoms with E-state index in [0.29, 0.717) is 35.6 Å². The fourth-order valence-corrected chi connectivity index (χ4v) is 3.43. The SMILES string of the molecule is CC(C)CC(NC(=O)c1ccn(C2CCCNC2)n1)c1nc(-c2ncn[nH]2)no1.Cl. The van der Waals surface area contributed by atoms with Gasteiger partial charge in [0, 0.05) is 12.7 Å². The normalized spacial score (nSPS) is 17.5. The van der Waals surface area contributed by atoms with Gasteiger partial charge in [-0.3, -0.25) is 14.6 Å². The average Bonchev–Trinajstić information content (AvgIpc) is 3.49. The van der Waals surface area contributed by atoms with Gasteiger partial charge in [-0.15, -0.1) is 12.4 Å². The second-order valence-corrected chi connectivity index (χ2v) is 7.63. The predicted molar refractivity (Wildman–Crippen MR) is 110 cm³/mol. The molecule has 3 aromatic rings. The summed E-state index contributed by atoms with van der Waals surface area (Å²) in [6.45, 7) is 6.03. The number of carbonyl (C=O) groups is 1. The number of nitrogens with zero attached hydrogens (tertiary/aromatic N) is 6. The molecule has 0 saturated carbocycles. The summed E-state index contributed by atoms with van der Waals surface area (Å²) in [6.07, 6.45) is 6.04. The minimum absolute atomic E-state index is 0. The molecule has 2 unspecified atom stereocenters. The van der Waals surface area contributed by atoms with Crippen LogP contribution >= 0.6 is 12.4 Å². The van der Waals surface area contributed by atoms with E-state index in [4.69, 9.17) is 4.52 Å². The number of hydrogen-bond donors (Lipinski definition) is 3. The second-order valence-electron chi connectivity index (χ2n) is 7.63. The van der Waals surface area contributed by atoms with Crippen molar-refractivity contribution in [3.63, 3.8) is 0 Å². The first-order chi connectivity index (χ1) is 14.1. The highest BCUT2D eigenvalue weighted by Gasteiger charge is 2.25. The number of amides is 1. The van der Waals surface area contributed by atoms with Gasteiger partial charge < -0.3 is 15.2 Å². The molecule has 1 fully saturated rings. The van der Waals surface area contributed by atoms with Gasteiger partial charge in [0.1, 0.15) is 18.1 Å². The Morgan fingerprint density at radius 1 is 1.43 bits per heavy atom. The largest absolute Gasteiger partial charge is 0.339 e. The van der Waals surface area contributed by atoms with Crippen molar-refractivity contribution in [1.29, 1.82) is 0 Å². The molecule has 0 bridgehead atoms. The molecule has 3 N–H and O–H groups in total. The topological polar surface area (TPSA) is 139 Å². The summed E-state index contributed by atoms with van der Waals surface area (Å²) >= 11 is 0. The van der Waals surface area contributed by atoms with Gasteiger partial charge in [-0.1, -0.05) is 19.0 Å². The molecule has 12 heteroatoms. The highest BCUT2D eigenvalue weighted by Crippen LogP contribution is 2.22. The molecule has 162 valence electrons. The monoisotopic (exact) mass is 435 g/mol. The molecule has 1 aliphatic heterocycles. The second kappa shape index (κ2) is 9.81. The number of aromatic nitrogens is 7. The molecule has 1 amide bonds. The lowest BCUT2D eigenvalue weighted by molar-refractivity contribution is 0.0915. The van der Waals surface area contributed by atoms with Crippen molar-refractivity contribution in [3.05, 3.63) is 30.2 Å². The zero-order valence-corrected chi connectivity index (χ0v) is 17.7. The van der Waals surface area contributed by atoms with E-state index < -0.39 is 6.04 Å². The maximum atomic E-state index is 12.8. The Labute approximate surface area is 179 Å². The van der Waals surface area contributed by atoms with Crippen LogP contribution in [0.3, 0.4) is 0 Å². The first-order valence-corrected chi connectivity index (χ1v) is 9.86. The fraction of sp³-hybridized carbons (Fsp3) is 0.556. The van der Waals surface area contributed by atoms with Crippen LogP contribution in [0, 0.1) is 5.92 Å². The maximum absolute atomic E-state index is 12.8. The number of rotatable bonds is 7. The molecule has 3 aromatic heterocycles. The van der Waals surface area contributed by atoms with Crippen molar-refractivity contribution in [3.8, 4) is 11.6 Å². The van der Waals surface area contributed by atoms with Gasteiger partial charge in [0.25, 0.3) is 5.91 Å². The molecule has 11 nitrogen and oxygen atoms in total. The highest BCUT2D eigenvalue weighted by atomic mass is 35.5. The summed E-state index contributed by atoms with van der Waals surface area (Å²) in [5.41, 5.74) is 0.374. The van der Waals surface area contributed by atoms with E-state index in [1.807, 2.05) is 10.9 Å². The van der Waals surface area contributed by atoms with Crippen LogP contribution in [0.2, 0.25) is 0 Å². The average molecular weight is 436 g/mol. The van der Waals surface area contributed by atoms with Crippen molar-refractivity contribution < 1.29 is 9.32 Å². The smallest absolute Gasteiger partial charge is 0.272 e. The quantitative estimate of drug-likeness (QED) is 0.511.